The van der Waals surface area contributed by atoms with Crippen LogP contribution in [0.1, 0.15) is 25.0 Å². The summed E-state index contributed by atoms with van der Waals surface area (Å²) < 4.78 is 0. The Hall–Kier alpha value is -3.26. The van der Waals surface area contributed by atoms with E-state index in [9.17, 15) is 0 Å². The maximum Gasteiger partial charge on any atom is 0.100 e. The van der Waals surface area contributed by atoms with Gasteiger partial charge in [-0.25, -0.2) is 0 Å². The molecule has 2 aliphatic heterocycles. The zero-order valence-electron chi connectivity index (χ0n) is 16.2. The van der Waals surface area contributed by atoms with E-state index in [1.807, 2.05) is 0 Å². The fraction of sp³-hybridized carbons (Fsp3) is 0.154. The van der Waals surface area contributed by atoms with E-state index >= 15 is 0 Å². The number of nitrogens with zero attached hydrogens (tertiary/aromatic N) is 2. The first-order valence-electron chi connectivity index (χ1n) is 9.91. The molecule has 136 valence electrons. The zero-order chi connectivity index (χ0) is 18.9. The standard InChI is InChI=1S/C26H22N2/c1-26(2)21-13-8-14-23-25(21)28(17-27(23)20-11-4-3-5-12-20)24-16-19-10-7-6-9-18(19)15-22(24)26/h3-16H,17H2,1-2H3. The highest BCUT2D eigenvalue weighted by atomic mass is 15.4. The molecule has 0 fully saturated rings. The summed E-state index contributed by atoms with van der Waals surface area (Å²) in [6.07, 6.45) is 0. The van der Waals surface area contributed by atoms with Crippen molar-refractivity contribution in [2.45, 2.75) is 19.3 Å². The van der Waals surface area contributed by atoms with Gasteiger partial charge in [0.15, 0.2) is 0 Å². The van der Waals surface area contributed by atoms with E-state index in [0.717, 1.165) is 6.67 Å². The number of fused-ring (bicyclic) bond motifs is 3. The molecular formula is C26H22N2. The van der Waals surface area contributed by atoms with Crippen molar-refractivity contribution in [3.05, 3.63) is 96.1 Å². The highest BCUT2D eigenvalue weighted by molar-refractivity contribution is 5.97. The molecule has 0 N–H and O–H groups in total. The number of hydrogen-bond acceptors (Lipinski definition) is 2. The van der Waals surface area contributed by atoms with E-state index < -0.39 is 0 Å². The van der Waals surface area contributed by atoms with Crippen LogP contribution in [-0.2, 0) is 5.41 Å². The molecule has 0 atom stereocenters. The second kappa shape index (κ2) is 5.39. The lowest BCUT2D eigenvalue weighted by molar-refractivity contribution is 0.630. The average molecular weight is 362 g/mol. The second-order valence-electron chi connectivity index (χ2n) is 8.35. The van der Waals surface area contributed by atoms with Gasteiger partial charge in [-0.3, -0.25) is 0 Å². The lowest BCUT2D eigenvalue weighted by Crippen LogP contribution is -2.32. The van der Waals surface area contributed by atoms with Gasteiger partial charge >= 0.3 is 0 Å². The minimum absolute atomic E-state index is 0.0338. The van der Waals surface area contributed by atoms with Crippen LogP contribution in [-0.4, -0.2) is 6.67 Å². The summed E-state index contributed by atoms with van der Waals surface area (Å²) in [5.41, 5.74) is 8.02. The van der Waals surface area contributed by atoms with Crippen LogP contribution in [0.15, 0.2) is 84.9 Å². The maximum absolute atomic E-state index is 2.50. The largest absolute Gasteiger partial charge is 0.321 e. The van der Waals surface area contributed by atoms with Gasteiger partial charge in [0.1, 0.15) is 6.67 Å². The molecule has 0 saturated carbocycles. The second-order valence-corrected chi connectivity index (χ2v) is 8.35. The van der Waals surface area contributed by atoms with Crippen molar-refractivity contribution >= 4 is 33.5 Å². The van der Waals surface area contributed by atoms with Crippen molar-refractivity contribution < 1.29 is 0 Å². The molecule has 0 aromatic heterocycles. The Labute approximate surface area is 165 Å². The minimum Gasteiger partial charge on any atom is -0.321 e. The topological polar surface area (TPSA) is 6.48 Å². The molecular weight excluding hydrogens is 340 g/mol. The predicted octanol–water partition coefficient (Wildman–Crippen LogP) is 6.73. The van der Waals surface area contributed by atoms with Gasteiger partial charge in [0.25, 0.3) is 0 Å². The maximum atomic E-state index is 2.50. The first-order chi connectivity index (χ1) is 13.6. The van der Waals surface area contributed by atoms with Gasteiger partial charge in [0, 0.05) is 16.8 Å². The predicted molar refractivity (Wildman–Crippen MR) is 118 cm³/mol. The van der Waals surface area contributed by atoms with Crippen LogP contribution >= 0.6 is 0 Å². The van der Waals surface area contributed by atoms with Crippen LogP contribution in [0, 0.1) is 0 Å². The fourth-order valence-electron chi connectivity index (χ4n) is 4.95. The van der Waals surface area contributed by atoms with E-state index in [0.29, 0.717) is 0 Å². The van der Waals surface area contributed by atoms with Crippen molar-refractivity contribution in [1.29, 1.82) is 0 Å². The summed E-state index contributed by atoms with van der Waals surface area (Å²) in [6.45, 7) is 5.56. The normalized spacial score (nSPS) is 16.2. The number of rotatable bonds is 1. The number of hydrogen-bond donors (Lipinski definition) is 0. The van der Waals surface area contributed by atoms with Crippen molar-refractivity contribution in [2.75, 3.05) is 16.5 Å². The Morgan fingerprint density at radius 2 is 1.36 bits per heavy atom. The quantitative estimate of drug-likeness (QED) is 0.370. The summed E-state index contributed by atoms with van der Waals surface area (Å²) in [5, 5.41) is 2.61. The third-order valence-electron chi connectivity index (χ3n) is 6.43. The van der Waals surface area contributed by atoms with E-state index in [2.05, 4.69) is 109 Å². The van der Waals surface area contributed by atoms with E-state index in [1.165, 1.54) is 44.6 Å². The van der Waals surface area contributed by atoms with Gasteiger partial charge in [0.2, 0.25) is 0 Å². The van der Waals surface area contributed by atoms with E-state index in [-0.39, 0.29) is 5.41 Å². The minimum atomic E-state index is -0.0338. The highest BCUT2D eigenvalue weighted by Gasteiger charge is 2.42. The molecule has 2 nitrogen and oxygen atoms in total. The number of para-hydroxylation sites is 2. The van der Waals surface area contributed by atoms with Crippen LogP contribution in [0.25, 0.3) is 10.8 Å². The van der Waals surface area contributed by atoms with Crippen LogP contribution in [0.3, 0.4) is 0 Å². The highest BCUT2D eigenvalue weighted by Crippen LogP contribution is 2.56. The number of anilines is 4. The molecule has 0 unspecified atom stereocenters. The molecule has 0 bridgehead atoms. The van der Waals surface area contributed by atoms with Crippen LogP contribution in [0.2, 0.25) is 0 Å². The molecule has 0 spiro atoms. The van der Waals surface area contributed by atoms with Crippen molar-refractivity contribution in [3.8, 4) is 0 Å². The smallest absolute Gasteiger partial charge is 0.100 e. The summed E-state index contributed by atoms with van der Waals surface area (Å²) in [4.78, 5) is 4.93. The van der Waals surface area contributed by atoms with Gasteiger partial charge < -0.3 is 9.80 Å². The van der Waals surface area contributed by atoms with E-state index in [4.69, 9.17) is 0 Å². The van der Waals surface area contributed by atoms with Crippen LogP contribution < -0.4 is 9.80 Å². The van der Waals surface area contributed by atoms with Gasteiger partial charge in [-0.1, -0.05) is 68.4 Å². The summed E-state index contributed by atoms with van der Waals surface area (Å²) in [5.74, 6) is 0. The Morgan fingerprint density at radius 1 is 0.643 bits per heavy atom. The molecule has 0 saturated heterocycles. The fourth-order valence-corrected chi connectivity index (χ4v) is 4.95. The molecule has 2 heterocycles. The first kappa shape index (κ1) is 15.8. The molecule has 0 radical (unpaired) electrons. The summed E-state index contributed by atoms with van der Waals surface area (Å²) >= 11 is 0. The van der Waals surface area contributed by atoms with Gasteiger partial charge in [-0.15, -0.1) is 0 Å². The SMILES string of the molecule is CC1(C)c2cc3ccccc3cc2N2CN(c3ccccc3)c3cccc1c32. The summed E-state index contributed by atoms with van der Waals surface area (Å²) in [7, 11) is 0. The monoisotopic (exact) mass is 362 g/mol. The third kappa shape index (κ3) is 1.98. The van der Waals surface area contributed by atoms with Gasteiger partial charge in [0.05, 0.1) is 11.4 Å². The van der Waals surface area contributed by atoms with Crippen LogP contribution in [0.5, 0.6) is 0 Å². The molecule has 0 aliphatic carbocycles. The molecule has 0 amide bonds. The zero-order valence-corrected chi connectivity index (χ0v) is 16.2. The Morgan fingerprint density at radius 3 is 2.14 bits per heavy atom. The molecule has 6 rings (SSSR count). The van der Waals surface area contributed by atoms with Crippen molar-refractivity contribution in [3.63, 3.8) is 0 Å². The molecule has 2 aliphatic rings. The van der Waals surface area contributed by atoms with Gasteiger partial charge in [-0.05, 0) is 52.2 Å². The Kier molecular flexibility index (Phi) is 3.03. The van der Waals surface area contributed by atoms with E-state index in [1.54, 1.807) is 0 Å². The lowest BCUT2D eigenvalue weighted by atomic mass is 9.73. The Bertz CT molecular complexity index is 1220. The molecule has 4 aromatic rings. The number of benzene rings is 4. The first-order valence-corrected chi connectivity index (χ1v) is 9.91. The van der Waals surface area contributed by atoms with Gasteiger partial charge in [-0.2, -0.15) is 0 Å². The average Bonchev–Trinajstić information content (AvgIpc) is 3.12. The van der Waals surface area contributed by atoms with Crippen molar-refractivity contribution in [1.82, 2.24) is 0 Å². The molecule has 28 heavy (non-hydrogen) atoms. The Balaban J connectivity index is 1.64. The van der Waals surface area contributed by atoms with Crippen molar-refractivity contribution in [2.24, 2.45) is 0 Å². The molecule has 2 heteroatoms. The lowest BCUT2D eigenvalue weighted by Gasteiger charge is -2.39. The third-order valence-corrected chi connectivity index (χ3v) is 6.43. The summed E-state index contributed by atoms with van der Waals surface area (Å²) in [6, 6.07) is 30.9. The molecule has 4 aromatic carbocycles. The van der Waals surface area contributed by atoms with Crippen LogP contribution in [0.4, 0.5) is 22.7 Å².